The molecule has 5 heteroatoms. The molecule has 0 unspecified atom stereocenters. The van der Waals surface area contributed by atoms with Gasteiger partial charge in [0, 0.05) is 6.07 Å². The van der Waals surface area contributed by atoms with Gasteiger partial charge in [0.1, 0.15) is 11.5 Å². The van der Waals surface area contributed by atoms with E-state index in [9.17, 15) is 4.79 Å². The Balaban J connectivity index is 2.92. The van der Waals surface area contributed by atoms with Crippen molar-refractivity contribution < 1.29 is 19.0 Å². The van der Waals surface area contributed by atoms with Gasteiger partial charge in [0.05, 0.1) is 26.2 Å². The highest BCUT2D eigenvalue weighted by molar-refractivity contribution is 8.13. The van der Waals surface area contributed by atoms with Crippen molar-refractivity contribution in [2.45, 2.75) is 4.90 Å². The monoisotopic (exact) mass is 228 g/mol. The van der Waals surface area contributed by atoms with Crippen molar-refractivity contribution in [1.29, 1.82) is 0 Å². The fourth-order valence-electron chi connectivity index (χ4n) is 0.991. The van der Waals surface area contributed by atoms with Crippen molar-refractivity contribution in [3.63, 3.8) is 0 Å². The molecule has 1 rings (SSSR count). The molecule has 0 bridgehead atoms. The minimum Gasteiger partial charge on any atom is -0.497 e. The smallest absolute Gasteiger partial charge is 0.372 e. The lowest BCUT2D eigenvalue weighted by molar-refractivity contribution is 0.200. The molecule has 0 radical (unpaired) electrons. The van der Waals surface area contributed by atoms with Crippen LogP contribution in [0.25, 0.3) is 0 Å². The number of ether oxygens (including phenoxy) is 3. The predicted octanol–water partition coefficient (Wildman–Crippen LogP) is 2.56. The summed E-state index contributed by atoms with van der Waals surface area (Å²) in [4.78, 5) is 11.8. The summed E-state index contributed by atoms with van der Waals surface area (Å²) in [5.74, 6) is 1.27. The minimum absolute atomic E-state index is 0.376. The van der Waals surface area contributed by atoms with Crippen LogP contribution in [0.1, 0.15) is 0 Å². The molecule has 0 heterocycles. The van der Waals surface area contributed by atoms with E-state index in [4.69, 9.17) is 9.47 Å². The maximum Gasteiger partial charge on any atom is 0.372 e. The molecule has 4 nitrogen and oxygen atoms in total. The zero-order chi connectivity index (χ0) is 11.3. The van der Waals surface area contributed by atoms with Gasteiger partial charge in [-0.15, -0.1) is 0 Å². The Labute approximate surface area is 92.5 Å². The van der Waals surface area contributed by atoms with Crippen molar-refractivity contribution in [2.75, 3.05) is 21.3 Å². The third kappa shape index (κ3) is 3.06. The Bertz CT molecular complexity index is 351. The first kappa shape index (κ1) is 11.7. The van der Waals surface area contributed by atoms with E-state index in [0.29, 0.717) is 16.4 Å². The zero-order valence-corrected chi connectivity index (χ0v) is 9.59. The second-order valence-electron chi connectivity index (χ2n) is 2.57. The molecule has 0 N–H and O–H groups in total. The van der Waals surface area contributed by atoms with E-state index in [1.54, 1.807) is 25.3 Å². The Morgan fingerprint density at radius 1 is 1.20 bits per heavy atom. The lowest BCUT2D eigenvalue weighted by atomic mass is 10.3. The van der Waals surface area contributed by atoms with Gasteiger partial charge < -0.3 is 14.2 Å². The zero-order valence-electron chi connectivity index (χ0n) is 8.77. The van der Waals surface area contributed by atoms with Gasteiger partial charge in [-0.2, -0.15) is 0 Å². The summed E-state index contributed by atoms with van der Waals surface area (Å²) in [5.41, 5.74) is 0. The SMILES string of the molecule is COC(=O)Sc1ccc(OC)cc1OC. The molecule has 1 aromatic carbocycles. The van der Waals surface area contributed by atoms with Crippen LogP contribution in [0, 0.1) is 0 Å². The molecular weight excluding hydrogens is 216 g/mol. The van der Waals surface area contributed by atoms with Gasteiger partial charge in [-0.05, 0) is 23.9 Å². The van der Waals surface area contributed by atoms with Crippen LogP contribution in [0.5, 0.6) is 11.5 Å². The number of thioether (sulfide) groups is 1. The van der Waals surface area contributed by atoms with Crippen molar-refractivity contribution >= 4 is 17.1 Å². The molecular formula is C10H12O4S. The first-order valence-electron chi connectivity index (χ1n) is 4.19. The molecule has 0 aliphatic carbocycles. The molecule has 0 fully saturated rings. The van der Waals surface area contributed by atoms with Crippen molar-refractivity contribution in [3.05, 3.63) is 18.2 Å². The van der Waals surface area contributed by atoms with Gasteiger partial charge >= 0.3 is 5.30 Å². The van der Waals surface area contributed by atoms with Crippen molar-refractivity contribution in [3.8, 4) is 11.5 Å². The molecule has 0 aromatic heterocycles. The quantitative estimate of drug-likeness (QED) is 0.587. The lowest BCUT2D eigenvalue weighted by Gasteiger charge is -2.08. The van der Waals surface area contributed by atoms with Crippen molar-refractivity contribution in [1.82, 2.24) is 0 Å². The molecule has 0 atom stereocenters. The highest BCUT2D eigenvalue weighted by atomic mass is 32.2. The van der Waals surface area contributed by atoms with Gasteiger partial charge in [0.25, 0.3) is 0 Å². The average molecular weight is 228 g/mol. The van der Waals surface area contributed by atoms with E-state index < -0.39 is 0 Å². The van der Waals surface area contributed by atoms with Crippen LogP contribution in [0.3, 0.4) is 0 Å². The Hall–Kier alpha value is -1.36. The summed E-state index contributed by atoms with van der Waals surface area (Å²) in [6, 6.07) is 5.22. The largest absolute Gasteiger partial charge is 0.497 e. The van der Waals surface area contributed by atoms with E-state index in [2.05, 4.69) is 4.74 Å². The first-order valence-corrected chi connectivity index (χ1v) is 5.00. The molecule has 1 aromatic rings. The van der Waals surface area contributed by atoms with Crippen LogP contribution in [0.4, 0.5) is 4.79 Å². The number of methoxy groups -OCH3 is 3. The van der Waals surface area contributed by atoms with Crippen LogP contribution in [0.15, 0.2) is 23.1 Å². The number of carbonyl (C=O) groups excluding carboxylic acids is 1. The maximum absolute atomic E-state index is 11.1. The second-order valence-corrected chi connectivity index (χ2v) is 3.55. The highest BCUT2D eigenvalue weighted by Gasteiger charge is 2.10. The van der Waals surface area contributed by atoms with E-state index >= 15 is 0 Å². The van der Waals surface area contributed by atoms with E-state index in [1.165, 1.54) is 14.2 Å². The second kappa shape index (κ2) is 5.50. The fourth-order valence-corrected chi connectivity index (χ4v) is 1.63. The minimum atomic E-state index is -0.376. The topological polar surface area (TPSA) is 44.8 Å². The van der Waals surface area contributed by atoms with Gasteiger partial charge in [-0.25, -0.2) is 4.79 Å². The number of carbonyl (C=O) groups is 1. The molecule has 0 spiro atoms. The summed E-state index contributed by atoms with van der Waals surface area (Å²) >= 11 is 0.972. The Kier molecular flexibility index (Phi) is 4.30. The van der Waals surface area contributed by atoms with Gasteiger partial charge in [0.2, 0.25) is 0 Å². The van der Waals surface area contributed by atoms with Gasteiger partial charge in [-0.1, -0.05) is 0 Å². The lowest BCUT2D eigenvalue weighted by Crippen LogP contribution is -1.93. The van der Waals surface area contributed by atoms with Crippen molar-refractivity contribution in [2.24, 2.45) is 0 Å². The molecule has 0 saturated carbocycles. The predicted molar refractivity (Wildman–Crippen MR) is 57.8 cm³/mol. The van der Waals surface area contributed by atoms with Gasteiger partial charge in [0.15, 0.2) is 0 Å². The fraction of sp³-hybridized carbons (Fsp3) is 0.300. The van der Waals surface area contributed by atoms with E-state index in [1.807, 2.05) is 0 Å². The Morgan fingerprint density at radius 2 is 1.93 bits per heavy atom. The molecule has 15 heavy (non-hydrogen) atoms. The number of hydrogen-bond donors (Lipinski definition) is 0. The summed E-state index contributed by atoms with van der Waals surface area (Å²) in [6.45, 7) is 0. The standard InChI is InChI=1S/C10H12O4S/c1-12-7-4-5-9(8(6-7)13-2)15-10(11)14-3/h4-6H,1-3H3. The summed E-state index contributed by atoms with van der Waals surface area (Å²) in [7, 11) is 4.45. The van der Waals surface area contributed by atoms with Crippen LogP contribution in [-0.2, 0) is 4.74 Å². The summed E-state index contributed by atoms with van der Waals surface area (Å²) < 4.78 is 14.7. The van der Waals surface area contributed by atoms with Crippen LogP contribution in [0.2, 0.25) is 0 Å². The third-order valence-electron chi connectivity index (χ3n) is 1.73. The number of benzene rings is 1. The summed E-state index contributed by atoms with van der Waals surface area (Å²) in [5, 5.41) is -0.376. The number of hydrogen-bond acceptors (Lipinski definition) is 5. The summed E-state index contributed by atoms with van der Waals surface area (Å²) in [6.07, 6.45) is 0. The Morgan fingerprint density at radius 3 is 2.47 bits per heavy atom. The highest BCUT2D eigenvalue weighted by Crippen LogP contribution is 2.33. The van der Waals surface area contributed by atoms with Crippen LogP contribution < -0.4 is 9.47 Å². The molecule has 0 saturated heterocycles. The van der Waals surface area contributed by atoms with E-state index in [-0.39, 0.29) is 5.30 Å². The maximum atomic E-state index is 11.1. The average Bonchev–Trinajstić information content (AvgIpc) is 2.29. The van der Waals surface area contributed by atoms with Crippen LogP contribution in [-0.4, -0.2) is 26.6 Å². The normalized spacial score (nSPS) is 9.53. The molecule has 0 aliphatic heterocycles. The number of rotatable bonds is 3. The molecule has 0 aliphatic rings. The molecule has 0 amide bonds. The third-order valence-corrected chi connectivity index (χ3v) is 2.62. The van der Waals surface area contributed by atoms with E-state index in [0.717, 1.165) is 11.8 Å². The van der Waals surface area contributed by atoms with Gasteiger partial charge in [-0.3, -0.25) is 0 Å². The molecule has 82 valence electrons. The first-order chi connectivity index (χ1) is 7.21. The van der Waals surface area contributed by atoms with Crippen LogP contribution >= 0.6 is 11.8 Å².